The van der Waals surface area contributed by atoms with Gasteiger partial charge in [0.25, 0.3) is 5.91 Å². The summed E-state index contributed by atoms with van der Waals surface area (Å²) in [6.45, 7) is 1.23. The molecule has 7 nitrogen and oxygen atoms in total. The van der Waals surface area contributed by atoms with Crippen molar-refractivity contribution in [3.63, 3.8) is 0 Å². The number of nitrogens with one attached hydrogen (secondary N) is 2. The van der Waals surface area contributed by atoms with Crippen molar-refractivity contribution in [2.45, 2.75) is 38.6 Å². The molecule has 0 atom stereocenters. The van der Waals surface area contributed by atoms with Gasteiger partial charge in [0.05, 0.1) is 6.54 Å². The normalized spacial score (nSPS) is 16.6. The third-order valence-electron chi connectivity index (χ3n) is 5.80. The van der Waals surface area contributed by atoms with E-state index in [0.717, 1.165) is 36.9 Å². The molecule has 2 aliphatic rings. The number of nitrogens with zero attached hydrogens (tertiary/aromatic N) is 1. The molecule has 31 heavy (non-hydrogen) atoms. The number of benzene rings is 2. The van der Waals surface area contributed by atoms with Crippen LogP contribution >= 0.6 is 0 Å². The first-order valence-electron chi connectivity index (χ1n) is 10.8. The van der Waals surface area contributed by atoms with E-state index in [9.17, 15) is 14.4 Å². The standard InChI is InChI=1S/C24H27N3O4/c28-22(25-16-17-6-4-11-21(14-17)27-12-13-31-24(27)30)19-9-5-10-20(15-19)26-23(29)18-7-2-1-3-8-18/h4-6,9-11,14-15,18H,1-3,7-8,12-13,16H2,(H,25,28)(H,26,29). The van der Waals surface area contributed by atoms with Crippen LogP contribution < -0.4 is 15.5 Å². The Morgan fingerprint density at radius 3 is 2.61 bits per heavy atom. The van der Waals surface area contributed by atoms with E-state index in [1.54, 1.807) is 29.2 Å². The zero-order valence-electron chi connectivity index (χ0n) is 17.4. The van der Waals surface area contributed by atoms with E-state index >= 15 is 0 Å². The van der Waals surface area contributed by atoms with Gasteiger partial charge in [0, 0.05) is 29.4 Å². The quantitative estimate of drug-likeness (QED) is 0.735. The molecule has 0 radical (unpaired) electrons. The molecule has 0 spiro atoms. The predicted molar refractivity (Wildman–Crippen MR) is 118 cm³/mol. The van der Waals surface area contributed by atoms with E-state index in [0.29, 0.717) is 30.9 Å². The Hall–Kier alpha value is -3.35. The Kier molecular flexibility index (Phi) is 6.50. The van der Waals surface area contributed by atoms with Crippen LogP contribution in [0.3, 0.4) is 0 Å². The van der Waals surface area contributed by atoms with Gasteiger partial charge < -0.3 is 15.4 Å². The van der Waals surface area contributed by atoms with E-state index in [-0.39, 0.29) is 23.8 Å². The van der Waals surface area contributed by atoms with Crippen molar-refractivity contribution >= 4 is 29.3 Å². The number of amides is 3. The molecule has 2 aromatic rings. The molecule has 1 saturated carbocycles. The molecular formula is C24H27N3O4. The number of carbonyl (C=O) groups excluding carboxylic acids is 3. The Morgan fingerprint density at radius 2 is 1.84 bits per heavy atom. The van der Waals surface area contributed by atoms with Gasteiger partial charge >= 0.3 is 6.09 Å². The maximum Gasteiger partial charge on any atom is 0.414 e. The minimum Gasteiger partial charge on any atom is -0.447 e. The van der Waals surface area contributed by atoms with Crippen LogP contribution in [0, 0.1) is 5.92 Å². The highest BCUT2D eigenvalue weighted by Crippen LogP contribution is 2.25. The van der Waals surface area contributed by atoms with Crippen molar-refractivity contribution in [2.24, 2.45) is 5.92 Å². The fourth-order valence-electron chi connectivity index (χ4n) is 4.09. The molecule has 3 amide bonds. The number of rotatable bonds is 6. The summed E-state index contributed by atoms with van der Waals surface area (Å²) in [6.07, 6.45) is 4.90. The Bertz CT molecular complexity index is 969. The van der Waals surface area contributed by atoms with Crippen molar-refractivity contribution in [3.8, 4) is 0 Å². The van der Waals surface area contributed by atoms with Crippen molar-refractivity contribution in [3.05, 3.63) is 59.7 Å². The van der Waals surface area contributed by atoms with E-state index in [2.05, 4.69) is 10.6 Å². The zero-order valence-corrected chi connectivity index (χ0v) is 17.4. The lowest BCUT2D eigenvalue weighted by Crippen LogP contribution is -2.26. The molecule has 0 bridgehead atoms. The average molecular weight is 421 g/mol. The van der Waals surface area contributed by atoms with Gasteiger partial charge in [-0.05, 0) is 48.7 Å². The Balaban J connectivity index is 1.35. The van der Waals surface area contributed by atoms with E-state index in [4.69, 9.17) is 4.74 Å². The van der Waals surface area contributed by atoms with Crippen molar-refractivity contribution in [2.75, 3.05) is 23.4 Å². The minimum atomic E-state index is -0.353. The second-order valence-corrected chi connectivity index (χ2v) is 8.02. The first-order chi connectivity index (χ1) is 15.1. The SMILES string of the molecule is O=C(NCc1cccc(N2CCOC2=O)c1)c1cccc(NC(=O)C2CCCCC2)c1. The van der Waals surface area contributed by atoms with Gasteiger partial charge in [-0.2, -0.15) is 0 Å². The maximum absolute atomic E-state index is 12.6. The van der Waals surface area contributed by atoms with Gasteiger partial charge in [-0.25, -0.2) is 4.79 Å². The molecule has 0 aromatic heterocycles. The molecule has 1 aliphatic heterocycles. The second-order valence-electron chi connectivity index (χ2n) is 8.02. The first kappa shape index (κ1) is 20.9. The monoisotopic (exact) mass is 421 g/mol. The molecule has 2 N–H and O–H groups in total. The number of hydrogen-bond donors (Lipinski definition) is 2. The van der Waals surface area contributed by atoms with Crippen LogP contribution in [0.5, 0.6) is 0 Å². The Labute approximate surface area is 181 Å². The number of ether oxygens (including phenoxy) is 1. The summed E-state index contributed by atoms with van der Waals surface area (Å²) in [5.41, 5.74) is 2.76. The molecule has 162 valence electrons. The molecule has 2 aromatic carbocycles. The number of hydrogen-bond acceptors (Lipinski definition) is 4. The van der Waals surface area contributed by atoms with Crippen LogP contribution in [0.25, 0.3) is 0 Å². The van der Waals surface area contributed by atoms with Gasteiger partial charge in [0.1, 0.15) is 6.61 Å². The Morgan fingerprint density at radius 1 is 1.03 bits per heavy atom. The van der Waals surface area contributed by atoms with Gasteiger partial charge in [-0.1, -0.05) is 37.5 Å². The van der Waals surface area contributed by atoms with Crippen LogP contribution in [0.2, 0.25) is 0 Å². The molecule has 1 aliphatic carbocycles. The van der Waals surface area contributed by atoms with E-state index < -0.39 is 0 Å². The van der Waals surface area contributed by atoms with Gasteiger partial charge in [-0.3, -0.25) is 14.5 Å². The topological polar surface area (TPSA) is 87.7 Å². The van der Waals surface area contributed by atoms with Gasteiger partial charge in [-0.15, -0.1) is 0 Å². The van der Waals surface area contributed by atoms with E-state index in [1.807, 2.05) is 24.3 Å². The minimum absolute atomic E-state index is 0.0366. The first-order valence-corrected chi connectivity index (χ1v) is 10.8. The largest absolute Gasteiger partial charge is 0.447 e. The lowest BCUT2D eigenvalue weighted by atomic mass is 9.88. The van der Waals surface area contributed by atoms with Crippen LogP contribution in [0.15, 0.2) is 48.5 Å². The summed E-state index contributed by atoms with van der Waals surface area (Å²) in [5, 5.41) is 5.86. The van der Waals surface area contributed by atoms with Crippen LogP contribution in [0.4, 0.5) is 16.2 Å². The van der Waals surface area contributed by atoms with Gasteiger partial charge in [0.2, 0.25) is 5.91 Å². The summed E-state index contributed by atoms with van der Waals surface area (Å²) in [6, 6.07) is 14.5. The summed E-state index contributed by atoms with van der Waals surface area (Å²) < 4.78 is 4.98. The summed E-state index contributed by atoms with van der Waals surface area (Å²) in [4.78, 5) is 38.4. The lowest BCUT2D eigenvalue weighted by molar-refractivity contribution is -0.120. The van der Waals surface area contributed by atoms with Crippen molar-refractivity contribution in [1.29, 1.82) is 0 Å². The average Bonchev–Trinajstić information content (AvgIpc) is 3.24. The van der Waals surface area contributed by atoms with Crippen LogP contribution in [-0.2, 0) is 16.1 Å². The highest BCUT2D eigenvalue weighted by atomic mass is 16.6. The lowest BCUT2D eigenvalue weighted by Gasteiger charge is -2.20. The maximum atomic E-state index is 12.6. The highest BCUT2D eigenvalue weighted by Gasteiger charge is 2.24. The van der Waals surface area contributed by atoms with Gasteiger partial charge in [0.15, 0.2) is 0 Å². The van der Waals surface area contributed by atoms with Crippen molar-refractivity contribution in [1.82, 2.24) is 5.32 Å². The summed E-state index contributed by atoms with van der Waals surface area (Å²) in [5.74, 6) is -0.124. The number of carbonyl (C=O) groups is 3. The van der Waals surface area contributed by atoms with Crippen molar-refractivity contribution < 1.29 is 19.1 Å². The third-order valence-corrected chi connectivity index (χ3v) is 5.80. The summed E-state index contributed by atoms with van der Waals surface area (Å²) in [7, 11) is 0. The fourth-order valence-corrected chi connectivity index (χ4v) is 4.09. The molecule has 1 heterocycles. The molecule has 0 unspecified atom stereocenters. The molecule has 7 heteroatoms. The van der Waals surface area contributed by atoms with Crippen LogP contribution in [-0.4, -0.2) is 31.1 Å². The number of cyclic esters (lactones) is 1. The molecular weight excluding hydrogens is 394 g/mol. The molecule has 1 saturated heterocycles. The zero-order chi connectivity index (χ0) is 21.6. The number of anilines is 2. The second kappa shape index (κ2) is 9.64. The smallest absolute Gasteiger partial charge is 0.414 e. The van der Waals surface area contributed by atoms with E-state index in [1.165, 1.54) is 6.42 Å². The fraction of sp³-hybridized carbons (Fsp3) is 0.375. The summed E-state index contributed by atoms with van der Waals surface area (Å²) >= 11 is 0. The molecule has 4 rings (SSSR count). The highest BCUT2D eigenvalue weighted by molar-refractivity contribution is 5.97. The predicted octanol–water partition coefficient (Wildman–Crippen LogP) is 4.09. The van der Waals surface area contributed by atoms with Crippen LogP contribution in [0.1, 0.15) is 48.0 Å². The molecule has 2 fully saturated rings. The third kappa shape index (κ3) is 5.23.